The third-order valence-electron chi connectivity index (χ3n) is 4.47. The van der Waals surface area contributed by atoms with Gasteiger partial charge in [0.1, 0.15) is 21.5 Å². The van der Waals surface area contributed by atoms with Crippen molar-refractivity contribution in [1.29, 1.82) is 0 Å². The minimum absolute atomic E-state index is 0.102. The fourth-order valence-corrected chi connectivity index (χ4v) is 3.33. The number of rotatable bonds is 9. The summed E-state index contributed by atoms with van der Waals surface area (Å²) < 4.78 is 32.9. The molecule has 0 spiro atoms. The van der Waals surface area contributed by atoms with Crippen molar-refractivity contribution in [3.8, 4) is 0 Å². The summed E-state index contributed by atoms with van der Waals surface area (Å²) in [6.45, 7) is 0. The Bertz CT molecular complexity index is 1520. The highest BCUT2D eigenvalue weighted by Gasteiger charge is 2.30. The zero-order valence-electron chi connectivity index (χ0n) is 17.4. The molecule has 0 heterocycles. The Balaban J connectivity index is 2.02. The van der Waals surface area contributed by atoms with Crippen LogP contribution in [0.25, 0.3) is 0 Å². The van der Waals surface area contributed by atoms with Gasteiger partial charge in [-0.05, 0) is 42.5 Å². The Kier molecular flexibility index (Phi) is 7.02. The van der Waals surface area contributed by atoms with Gasteiger partial charge in [-0.3, -0.25) is 30.3 Å². The van der Waals surface area contributed by atoms with Gasteiger partial charge in [0.05, 0.1) is 42.4 Å². The molecule has 0 aromatic heterocycles. The van der Waals surface area contributed by atoms with Crippen LogP contribution >= 0.6 is 0 Å². The predicted octanol–water partition coefficient (Wildman–Crippen LogP) is 4.55. The van der Waals surface area contributed by atoms with Gasteiger partial charge < -0.3 is 4.55 Å². The molecule has 0 unspecified atom stereocenters. The Hall–Kier alpha value is -5.23. The van der Waals surface area contributed by atoms with Crippen molar-refractivity contribution in [2.45, 2.75) is 4.90 Å². The number of azo groups is 1. The van der Waals surface area contributed by atoms with Crippen molar-refractivity contribution in [3.05, 3.63) is 95.9 Å². The number of benzene rings is 3. The summed E-state index contributed by atoms with van der Waals surface area (Å²) in [4.78, 5) is 42.2. The lowest BCUT2D eigenvalue weighted by Crippen LogP contribution is -2.12. The van der Waals surface area contributed by atoms with Crippen LogP contribution in [0.2, 0.25) is 0 Å². The molecule has 3 aromatic rings. The topological polar surface area (TPSA) is 244 Å². The van der Waals surface area contributed by atoms with Gasteiger partial charge in [0.2, 0.25) is 0 Å². The number of hydrogen-bond donors (Lipinski definition) is 0. The predicted molar refractivity (Wildman–Crippen MR) is 119 cm³/mol. The summed E-state index contributed by atoms with van der Waals surface area (Å²) in [6, 6.07) is 9.66. The van der Waals surface area contributed by atoms with E-state index in [2.05, 4.69) is 15.5 Å². The van der Waals surface area contributed by atoms with Crippen LogP contribution in [0.1, 0.15) is 0 Å². The van der Waals surface area contributed by atoms with Crippen molar-refractivity contribution in [3.63, 3.8) is 0 Å². The van der Waals surface area contributed by atoms with E-state index in [1.165, 1.54) is 12.1 Å². The van der Waals surface area contributed by atoms with E-state index in [4.69, 9.17) is 0 Å². The number of hydrogen-bond acceptors (Lipinski definition) is 13. The van der Waals surface area contributed by atoms with E-state index < -0.39 is 58.2 Å². The van der Waals surface area contributed by atoms with Crippen LogP contribution in [-0.2, 0) is 10.1 Å². The van der Waals surface area contributed by atoms with Crippen molar-refractivity contribution in [1.82, 2.24) is 0 Å². The number of nitro groups is 3. The number of non-ortho nitro benzene ring substituents is 1. The molecule has 0 aliphatic heterocycles. The van der Waals surface area contributed by atoms with Crippen LogP contribution in [0.15, 0.2) is 81.1 Å². The van der Waals surface area contributed by atoms with Crippen molar-refractivity contribution in [2.24, 2.45) is 15.5 Å². The largest absolute Gasteiger partial charge is 0.744 e. The second-order valence-corrected chi connectivity index (χ2v) is 8.04. The van der Waals surface area contributed by atoms with E-state index in [9.17, 15) is 48.2 Å². The lowest BCUT2D eigenvalue weighted by molar-refractivity contribution is -0.393. The fourth-order valence-electron chi connectivity index (χ4n) is 2.86. The number of anilines is 2. The molecule has 0 radical (unpaired) electrons. The number of nitroso groups, excluding NO2 is 1. The standard InChI is InChI=1S/C18H11N7O10S/c26-21-22(16-8-4-13(23(27)28)10-18(16)25(31)32)15-7-3-12(9-17(15)24(29)30)20-19-11-1-5-14(6-2-11)36(33,34)35/h1-10H,(H,33,34,35)/p-1. The molecule has 17 nitrogen and oxygen atoms in total. The Morgan fingerprint density at radius 3 is 1.69 bits per heavy atom. The van der Waals surface area contributed by atoms with E-state index in [1.54, 1.807) is 0 Å². The van der Waals surface area contributed by atoms with Gasteiger partial charge in [0.25, 0.3) is 11.4 Å². The molecule has 0 saturated carbocycles. The first kappa shape index (κ1) is 25.4. The van der Waals surface area contributed by atoms with Crippen LogP contribution in [0.5, 0.6) is 0 Å². The highest BCUT2D eigenvalue weighted by atomic mass is 32.2. The Morgan fingerprint density at radius 2 is 1.19 bits per heavy atom. The molecule has 0 saturated heterocycles. The summed E-state index contributed by atoms with van der Waals surface area (Å²) >= 11 is 0. The molecule has 0 aliphatic carbocycles. The molecule has 3 rings (SSSR count). The molecule has 0 atom stereocenters. The highest BCUT2D eigenvalue weighted by molar-refractivity contribution is 7.85. The minimum atomic E-state index is -4.67. The lowest BCUT2D eigenvalue weighted by atomic mass is 10.2. The molecule has 0 bridgehead atoms. The van der Waals surface area contributed by atoms with Gasteiger partial charge >= 0.3 is 5.69 Å². The van der Waals surface area contributed by atoms with Gasteiger partial charge in [-0.1, -0.05) is 0 Å². The van der Waals surface area contributed by atoms with Gasteiger partial charge in [0, 0.05) is 12.1 Å². The molecule has 36 heavy (non-hydrogen) atoms. The molecule has 3 aromatic carbocycles. The molecule has 0 fully saturated rings. The summed E-state index contributed by atoms with van der Waals surface area (Å²) in [6.07, 6.45) is 0. The summed E-state index contributed by atoms with van der Waals surface area (Å²) in [5.41, 5.74) is -3.37. The van der Waals surface area contributed by atoms with Gasteiger partial charge in [-0.25, -0.2) is 8.42 Å². The highest BCUT2D eigenvalue weighted by Crippen LogP contribution is 2.41. The molecule has 184 valence electrons. The quantitative estimate of drug-likeness (QED) is 0.125. The lowest BCUT2D eigenvalue weighted by Gasteiger charge is -2.15. The summed E-state index contributed by atoms with van der Waals surface area (Å²) in [5, 5.41) is 44.5. The molecular weight excluding hydrogens is 506 g/mol. The average Bonchev–Trinajstić information content (AvgIpc) is 2.83. The second kappa shape index (κ2) is 9.95. The van der Waals surface area contributed by atoms with Crippen LogP contribution in [-0.4, -0.2) is 27.7 Å². The van der Waals surface area contributed by atoms with E-state index in [1.807, 2.05) is 0 Å². The summed E-state index contributed by atoms with van der Waals surface area (Å²) in [5.74, 6) is 0. The third kappa shape index (κ3) is 5.46. The summed E-state index contributed by atoms with van der Waals surface area (Å²) in [7, 11) is -4.67. The molecule has 18 heteroatoms. The van der Waals surface area contributed by atoms with Crippen molar-refractivity contribution < 1.29 is 27.7 Å². The molecule has 0 aliphatic rings. The van der Waals surface area contributed by atoms with Gasteiger partial charge in [-0.15, -0.1) is 4.91 Å². The minimum Gasteiger partial charge on any atom is -0.744 e. The fraction of sp³-hybridized carbons (Fsp3) is 0. The van der Waals surface area contributed by atoms with E-state index in [0.29, 0.717) is 11.1 Å². The van der Waals surface area contributed by atoms with Crippen molar-refractivity contribution in [2.75, 3.05) is 5.01 Å². The first-order chi connectivity index (χ1) is 16.9. The van der Waals surface area contributed by atoms with Gasteiger partial charge in [0.15, 0.2) is 0 Å². The zero-order chi connectivity index (χ0) is 26.6. The van der Waals surface area contributed by atoms with Crippen molar-refractivity contribution >= 4 is 49.9 Å². The SMILES string of the molecule is O=NN(c1ccc(N=Nc2ccc(S(=O)(=O)[O-])cc2)cc1[N+](=O)[O-])c1ccc([N+](=O)[O-])cc1[N+](=O)[O-]. The first-order valence-corrected chi connectivity index (χ1v) is 10.7. The third-order valence-corrected chi connectivity index (χ3v) is 5.32. The van der Waals surface area contributed by atoms with Crippen LogP contribution in [0.4, 0.5) is 39.8 Å². The first-order valence-electron chi connectivity index (χ1n) is 9.24. The maximum atomic E-state index is 11.6. The normalized spacial score (nSPS) is 11.2. The molecular formula is C18H10N7O10S-. The Labute approximate surface area is 199 Å². The van der Waals surface area contributed by atoms with Gasteiger partial charge in [-0.2, -0.15) is 15.2 Å². The van der Waals surface area contributed by atoms with E-state index in [0.717, 1.165) is 42.5 Å². The molecule has 0 N–H and O–H groups in total. The van der Waals surface area contributed by atoms with Crippen LogP contribution < -0.4 is 5.01 Å². The van der Waals surface area contributed by atoms with E-state index >= 15 is 0 Å². The maximum Gasteiger partial charge on any atom is 0.301 e. The smallest absolute Gasteiger partial charge is 0.301 e. The maximum absolute atomic E-state index is 11.6. The molecule has 0 amide bonds. The zero-order valence-corrected chi connectivity index (χ0v) is 18.2. The van der Waals surface area contributed by atoms with E-state index in [-0.39, 0.29) is 11.4 Å². The monoisotopic (exact) mass is 516 g/mol. The van der Waals surface area contributed by atoms with Crippen LogP contribution in [0, 0.1) is 35.3 Å². The Morgan fingerprint density at radius 1 is 0.694 bits per heavy atom. The number of nitrogens with zero attached hydrogens (tertiary/aromatic N) is 7. The average molecular weight is 516 g/mol. The number of nitro benzene ring substituents is 3. The second-order valence-electron chi connectivity index (χ2n) is 6.66. The van der Waals surface area contributed by atoms with Crippen LogP contribution in [0.3, 0.4) is 0 Å².